The topological polar surface area (TPSA) is 71.3 Å². The molecule has 2 aliphatic rings. The Morgan fingerprint density at radius 1 is 0.976 bits per heavy atom. The third-order valence-corrected chi connectivity index (χ3v) is 8.15. The lowest BCUT2D eigenvalue weighted by Crippen LogP contribution is -2.58. The van der Waals surface area contributed by atoms with Crippen molar-refractivity contribution in [1.29, 1.82) is 0 Å². The molecule has 0 N–H and O–H groups in total. The number of aromatic nitrogens is 3. The zero-order valence-electron chi connectivity index (χ0n) is 23.3. The molecule has 4 heterocycles. The minimum Gasteiger partial charge on any atom is -0.349 e. The molecule has 210 valence electrons. The molecule has 4 aromatic rings. The Morgan fingerprint density at radius 2 is 1.66 bits per heavy atom. The maximum atomic E-state index is 13.9. The molecule has 2 bridgehead atoms. The van der Waals surface area contributed by atoms with E-state index in [0.29, 0.717) is 47.1 Å². The van der Waals surface area contributed by atoms with E-state index < -0.39 is 5.69 Å². The summed E-state index contributed by atoms with van der Waals surface area (Å²) in [5.74, 6) is 0.423. The molecule has 0 radical (unpaired) electrons. The second-order valence-electron chi connectivity index (χ2n) is 10.5. The van der Waals surface area contributed by atoms with Gasteiger partial charge in [-0.05, 0) is 56.0 Å². The van der Waals surface area contributed by atoms with Gasteiger partial charge in [-0.3, -0.25) is 4.79 Å². The molecule has 0 saturated carbocycles. The minimum absolute atomic E-state index is 0. The summed E-state index contributed by atoms with van der Waals surface area (Å²) in [5, 5.41) is 1.18. The second kappa shape index (κ2) is 11.6. The van der Waals surface area contributed by atoms with Crippen molar-refractivity contribution in [2.24, 2.45) is 0 Å². The van der Waals surface area contributed by atoms with Crippen molar-refractivity contribution in [3.8, 4) is 16.9 Å². The van der Waals surface area contributed by atoms with Crippen LogP contribution < -0.4 is 10.6 Å². The molecule has 1 amide bonds. The van der Waals surface area contributed by atoms with Gasteiger partial charge in [0.2, 0.25) is 5.91 Å². The van der Waals surface area contributed by atoms with Crippen molar-refractivity contribution in [2.45, 2.75) is 38.8 Å². The summed E-state index contributed by atoms with van der Waals surface area (Å²) in [4.78, 5) is 40.0. The van der Waals surface area contributed by atoms with Crippen LogP contribution >= 0.6 is 21.5 Å². The SMILES string of the molecule is C=CC(=O)N1C[C@H](C)N(c2nc(=O)n3c4nc(c(Cl)cc24)-c2ccccc2C/C=C\Cc2ccccc2-3)C[C@H]1C.P. The maximum Gasteiger partial charge on any atom is 0.355 e. The zero-order chi connectivity index (χ0) is 28.0. The highest BCUT2D eigenvalue weighted by Crippen LogP contribution is 2.36. The molecule has 2 aromatic carbocycles. The van der Waals surface area contributed by atoms with Gasteiger partial charge in [0.25, 0.3) is 0 Å². The Balaban J connectivity index is 0.00000337. The van der Waals surface area contributed by atoms with Gasteiger partial charge in [-0.2, -0.15) is 14.9 Å². The maximum absolute atomic E-state index is 13.9. The number of fused-ring (bicyclic) bond motifs is 5. The summed E-state index contributed by atoms with van der Waals surface area (Å²) in [6.45, 7) is 8.67. The molecule has 0 aliphatic carbocycles. The number of allylic oxidation sites excluding steroid dienone is 2. The number of amides is 1. The van der Waals surface area contributed by atoms with Crippen molar-refractivity contribution in [2.75, 3.05) is 18.0 Å². The Labute approximate surface area is 247 Å². The number of benzene rings is 2. The standard InChI is InChI=1S/C32H30ClN5O2.H3P/c1-4-28(39)36-18-21(3)37(19-20(36)2)30-25-17-26(33)29-24-15-9-7-12-22(24)11-5-6-13-23-14-8-10-16-27(23)38(31(25)34-29)32(40)35-30;/h4-10,12,14-17,20-21H,1,11,13,18-19H2,2-3H3;1H3/b6-5-;/t20-,21+;/m1./s1. The van der Waals surface area contributed by atoms with Gasteiger partial charge in [0.05, 0.1) is 21.8 Å². The molecule has 1 unspecified atom stereocenters. The van der Waals surface area contributed by atoms with Crippen molar-refractivity contribution in [1.82, 2.24) is 19.4 Å². The average molecular weight is 586 g/mol. The van der Waals surface area contributed by atoms with E-state index in [-0.39, 0.29) is 27.9 Å². The fourth-order valence-corrected chi connectivity index (χ4v) is 6.08. The molecular formula is C32H33ClN5O2P. The van der Waals surface area contributed by atoms with Gasteiger partial charge < -0.3 is 9.80 Å². The summed E-state index contributed by atoms with van der Waals surface area (Å²) in [5.41, 5.74) is 4.52. The third-order valence-electron chi connectivity index (χ3n) is 7.86. The molecule has 2 aliphatic heterocycles. The molecule has 3 atom stereocenters. The van der Waals surface area contributed by atoms with Gasteiger partial charge in [-0.25, -0.2) is 14.3 Å². The number of anilines is 1. The molecule has 1 fully saturated rings. The van der Waals surface area contributed by atoms with Crippen LogP contribution in [0.25, 0.3) is 28.0 Å². The van der Waals surface area contributed by atoms with E-state index in [0.717, 1.165) is 28.8 Å². The third kappa shape index (κ3) is 5.09. The highest BCUT2D eigenvalue weighted by Gasteiger charge is 2.33. The van der Waals surface area contributed by atoms with Gasteiger partial charge >= 0.3 is 5.69 Å². The Bertz CT molecular complexity index is 1750. The first-order valence-corrected chi connectivity index (χ1v) is 13.9. The first kappa shape index (κ1) is 28.7. The van der Waals surface area contributed by atoms with E-state index in [9.17, 15) is 9.59 Å². The van der Waals surface area contributed by atoms with Crippen LogP contribution in [0.3, 0.4) is 0 Å². The lowest BCUT2D eigenvalue weighted by atomic mass is 9.99. The van der Waals surface area contributed by atoms with Crippen LogP contribution in [0.1, 0.15) is 25.0 Å². The highest BCUT2D eigenvalue weighted by atomic mass is 35.5. The molecule has 0 spiro atoms. The van der Waals surface area contributed by atoms with E-state index in [1.807, 2.05) is 62.4 Å². The smallest absolute Gasteiger partial charge is 0.349 e. The number of nitrogens with zero attached hydrogens (tertiary/aromatic N) is 5. The highest BCUT2D eigenvalue weighted by molar-refractivity contribution is 6.92. The van der Waals surface area contributed by atoms with Crippen LogP contribution in [-0.4, -0.2) is 50.5 Å². The molecule has 2 aromatic heterocycles. The number of carbonyl (C=O) groups is 1. The van der Waals surface area contributed by atoms with Crippen LogP contribution in [-0.2, 0) is 17.6 Å². The molecule has 7 nitrogen and oxygen atoms in total. The van der Waals surface area contributed by atoms with Crippen LogP contribution in [0.2, 0.25) is 5.02 Å². The zero-order valence-corrected chi connectivity index (χ0v) is 25.4. The number of hydrogen-bond acceptors (Lipinski definition) is 5. The predicted molar refractivity (Wildman–Crippen MR) is 171 cm³/mol. The number of pyridine rings is 1. The fourth-order valence-electron chi connectivity index (χ4n) is 5.83. The van der Waals surface area contributed by atoms with Crippen molar-refractivity contribution in [3.63, 3.8) is 0 Å². The van der Waals surface area contributed by atoms with Gasteiger partial charge in [0.15, 0.2) is 5.65 Å². The first-order chi connectivity index (χ1) is 19.4. The number of carbonyl (C=O) groups excluding carboxylic acids is 1. The summed E-state index contributed by atoms with van der Waals surface area (Å²) < 4.78 is 1.61. The molecule has 9 heteroatoms. The molecular weight excluding hydrogens is 553 g/mol. The molecule has 1 saturated heterocycles. The quantitative estimate of drug-likeness (QED) is 0.178. The lowest BCUT2D eigenvalue weighted by molar-refractivity contribution is -0.128. The van der Waals surface area contributed by atoms with Gasteiger partial charge in [0, 0.05) is 30.7 Å². The second-order valence-corrected chi connectivity index (χ2v) is 10.9. The summed E-state index contributed by atoms with van der Waals surface area (Å²) in [6.07, 6.45) is 7.04. The Hall–Kier alpha value is -3.80. The predicted octanol–water partition coefficient (Wildman–Crippen LogP) is 5.43. The molecule has 41 heavy (non-hydrogen) atoms. The van der Waals surface area contributed by atoms with Crippen LogP contribution in [0.4, 0.5) is 5.82 Å². The Morgan fingerprint density at radius 3 is 2.41 bits per heavy atom. The van der Waals surface area contributed by atoms with Crippen molar-refractivity contribution < 1.29 is 4.79 Å². The number of halogens is 1. The van der Waals surface area contributed by atoms with Gasteiger partial charge in [0.1, 0.15) is 5.82 Å². The van der Waals surface area contributed by atoms with E-state index in [4.69, 9.17) is 16.6 Å². The Kier molecular flexibility index (Phi) is 8.12. The summed E-state index contributed by atoms with van der Waals surface area (Å²) in [6, 6.07) is 17.7. The average Bonchev–Trinajstić information content (AvgIpc) is 2.95. The van der Waals surface area contributed by atoms with Gasteiger partial charge in [-0.1, -0.05) is 72.8 Å². The fraction of sp³-hybridized carbons (Fsp3) is 0.250. The number of piperazine rings is 1. The minimum atomic E-state index is -0.408. The summed E-state index contributed by atoms with van der Waals surface area (Å²) in [7, 11) is 0. The summed E-state index contributed by atoms with van der Waals surface area (Å²) >= 11 is 6.97. The first-order valence-electron chi connectivity index (χ1n) is 13.5. The number of hydrogen-bond donors (Lipinski definition) is 0. The largest absolute Gasteiger partial charge is 0.355 e. The normalized spacial score (nSPS) is 18.9. The van der Waals surface area contributed by atoms with Crippen LogP contribution in [0.15, 0.2) is 84.2 Å². The monoisotopic (exact) mass is 585 g/mol. The van der Waals surface area contributed by atoms with E-state index in [1.54, 1.807) is 9.47 Å². The van der Waals surface area contributed by atoms with Crippen LogP contribution in [0, 0.1) is 0 Å². The van der Waals surface area contributed by atoms with Crippen molar-refractivity contribution in [3.05, 3.63) is 106 Å². The van der Waals surface area contributed by atoms with E-state index in [1.165, 1.54) is 6.08 Å². The number of para-hydroxylation sites is 1. The molecule has 6 rings (SSSR count). The van der Waals surface area contributed by atoms with Crippen molar-refractivity contribution >= 4 is 44.3 Å². The number of rotatable bonds is 2. The van der Waals surface area contributed by atoms with E-state index >= 15 is 0 Å². The lowest BCUT2D eigenvalue weighted by Gasteiger charge is -2.44. The van der Waals surface area contributed by atoms with Crippen LogP contribution in [0.5, 0.6) is 0 Å². The van der Waals surface area contributed by atoms with Gasteiger partial charge in [-0.15, -0.1) is 0 Å². The van der Waals surface area contributed by atoms with E-state index in [2.05, 4.69) is 34.7 Å².